The molecule has 2 aliphatic heterocycles. The van der Waals surface area contributed by atoms with Crippen molar-refractivity contribution in [3.63, 3.8) is 0 Å². The minimum Gasteiger partial charge on any atom is -0.393 e. The molecule has 0 bridgehead atoms. The smallest absolute Gasteiger partial charge is 0.0788 e. The van der Waals surface area contributed by atoms with Crippen LogP contribution in [0.25, 0.3) is 0 Å². The highest BCUT2D eigenvalue weighted by atomic mass is 32.1. The summed E-state index contributed by atoms with van der Waals surface area (Å²) >= 11 is 5.18. The van der Waals surface area contributed by atoms with Crippen LogP contribution >= 0.6 is 12.2 Å². The SMILES string of the molecule is CC1(C(N)=S)CCN(CCCN2CCCC2)CC1. The zero-order chi connectivity index (χ0) is 13.0. The second-order valence-electron chi connectivity index (χ2n) is 6.17. The van der Waals surface area contributed by atoms with Crippen LogP contribution in [-0.4, -0.2) is 54.1 Å². The van der Waals surface area contributed by atoms with Gasteiger partial charge in [-0.1, -0.05) is 19.1 Å². The Morgan fingerprint density at radius 3 is 2.06 bits per heavy atom. The molecule has 104 valence electrons. The van der Waals surface area contributed by atoms with E-state index < -0.39 is 0 Å². The summed E-state index contributed by atoms with van der Waals surface area (Å²) in [4.78, 5) is 5.89. The monoisotopic (exact) mass is 269 g/mol. The van der Waals surface area contributed by atoms with E-state index in [-0.39, 0.29) is 5.41 Å². The van der Waals surface area contributed by atoms with Gasteiger partial charge in [0.15, 0.2) is 0 Å². The molecule has 0 unspecified atom stereocenters. The van der Waals surface area contributed by atoms with Crippen molar-refractivity contribution in [2.75, 3.05) is 39.3 Å². The van der Waals surface area contributed by atoms with Gasteiger partial charge in [0.25, 0.3) is 0 Å². The molecule has 0 aliphatic carbocycles. The number of nitrogens with two attached hydrogens (primary N) is 1. The Kier molecular flexibility index (Phi) is 4.98. The molecule has 18 heavy (non-hydrogen) atoms. The Morgan fingerprint density at radius 2 is 1.56 bits per heavy atom. The fraction of sp³-hybridized carbons (Fsp3) is 0.929. The summed E-state index contributed by atoms with van der Waals surface area (Å²) in [6.07, 6.45) is 6.37. The van der Waals surface area contributed by atoms with Gasteiger partial charge in [-0.2, -0.15) is 0 Å². The van der Waals surface area contributed by atoms with E-state index in [4.69, 9.17) is 18.0 Å². The second-order valence-corrected chi connectivity index (χ2v) is 6.61. The summed E-state index contributed by atoms with van der Waals surface area (Å²) in [5.41, 5.74) is 5.95. The average molecular weight is 269 g/mol. The predicted octanol–water partition coefficient (Wildman–Crippen LogP) is 1.86. The molecule has 4 heteroatoms. The fourth-order valence-corrected chi connectivity index (χ4v) is 3.24. The van der Waals surface area contributed by atoms with Gasteiger partial charge in [-0.15, -0.1) is 0 Å². The van der Waals surface area contributed by atoms with Gasteiger partial charge in [-0.05, 0) is 71.4 Å². The van der Waals surface area contributed by atoms with Gasteiger partial charge in [-0.25, -0.2) is 0 Å². The molecule has 0 aromatic rings. The van der Waals surface area contributed by atoms with E-state index in [9.17, 15) is 0 Å². The maximum Gasteiger partial charge on any atom is 0.0788 e. The van der Waals surface area contributed by atoms with Gasteiger partial charge < -0.3 is 15.5 Å². The normalized spacial score (nSPS) is 25.4. The van der Waals surface area contributed by atoms with Crippen LogP contribution in [0.2, 0.25) is 0 Å². The Bertz CT molecular complexity index is 279. The van der Waals surface area contributed by atoms with Crippen LogP contribution in [0.4, 0.5) is 0 Å². The molecular weight excluding hydrogens is 242 g/mol. The summed E-state index contributed by atoms with van der Waals surface area (Å²) in [6.45, 7) is 9.70. The highest BCUT2D eigenvalue weighted by molar-refractivity contribution is 7.80. The van der Waals surface area contributed by atoms with Gasteiger partial charge in [0.05, 0.1) is 4.99 Å². The van der Waals surface area contributed by atoms with E-state index in [2.05, 4.69) is 16.7 Å². The molecule has 2 heterocycles. The molecule has 2 saturated heterocycles. The van der Waals surface area contributed by atoms with E-state index in [0.717, 1.165) is 25.9 Å². The van der Waals surface area contributed by atoms with Gasteiger partial charge in [0, 0.05) is 5.41 Å². The third-order valence-corrected chi connectivity index (χ3v) is 5.19. The second kappa shape index (κ2) is 6.31. The van der Waals surface area contributed by atoms with Crippen LogP contribution in [0, 0.1) is 5.41 Å². The Hall–Kier alpha value is -0.190. The van der Waals surface area contributed by atoms with Gasteiger partial charge in [-0.3, -0.25) is 0 Å². The molecule has 0 atom stereocenters. The standard InChI is InChI=1S/C14H27N3S/c1-14(13(15)18)5-11-17(12-6-14)10-4-9-16-7-2-3-8-16/h2-12H2,1H3,(H2,15,18). The quantitative estimate of drug-likeness (QED) is 0.772. The lowest BCUT2D eigenvalue weighted by Gasteiger charge is -2.38. The van der Waals surface area contributed by atoms with E-state index in [1.54, 1.807) is 0 Å². The Morgan fingerprint density at radius 1 is 1.06 bits per heavy atom. The van der Waals surface area contributed by atoms with Crippen molar-refractivity contribution in [3.05, 3.63) is 0 Å². The zero-order valence-corrected chi connectivity index (χ0v) is 12.5. The maximum absolute atomic E-state index is 5.84. The first-order valence-corrected chi connectivity index (χ1v) is 7.76. The molecule has 2 fully saturated rings. The molecular formula is C14H27N3S. The van der Waals surface area contributed by atoms with E-state index >= 15 is 0 Å². The molecule has 0 spiro atoms. The fourth-order valence-electron chi connectivity index (χ4n) is 3.04. The third kappa shape index (κ3) is 3.65. The predicted molar refractivity (Wildman–Crippen MR) is 80.9 cm³/mol. The van der Waals surface area contributed by atoms with Crippen LogP contribution in [0.5, 0.6) is 0 Å². The highest BCUT2D eigenvalue weighted by Crippen LogP contribution is 2.31. The van der Waals surface area contributed by atoms with Crippen molar-refractivity contribution >= 4 is 17.2 Å². The maximum atomic E-state index is 5.84. The molecule has 2 rings (SSSR count). The largest absolute Gasteiger partial charge is 0.393 e. The lowest BCUT2D eigenvalue weighted by atomic mass is 9.80. The van der Waals surface area contributed by atoms with Crippen molar-refractivity contribution in [1.82, 2.24) is 9.80 Å². The number of nitrogens with zero attached hydrogens (tertiary/aromatic N) is 2. The third-order valence-electron chi connectivity index (χ3n) is 4.70. The average Bonchev–Trinajstić information content (AvgIpc) is 2.85. The lowest BCUT2D eigenvalue weighted by Crippen LogP contribution is -2.45. The highest BCUT2D eigenvalue weighted by Gasteiger charge is 2.32. The van der Waals surface area contributed by atoms with Crippen molar-refractivity contribution in [1.29, 1.82) is 0 Å². The molecule has 0 saturated carbocycles. The van der Waals surface area contributed by atoms with E-state index in [1.807, 2.05) is 0 Å². The number of hydrogen-bond donors (Lipinski definition) is 1. The van der Waals surface area contributed by atoms with Gasteiger partial charge in [0.1, 0.15) is 0 Å². The minimum absolute atomic E-state index is 0.112. The molecule has 2 N–H and O–H groups in total. The number of piperidine rings is 1. The van der Waals surface area contributed by atoms with Crippen LogP contribution < -0.4 is 5.73 Å². The Balaban J connectivity index is 1.63. The van der Waals surface area contributed by atoms with E-state index in [0.29, 0.717) is 4.99 Å². The molecule has 0 amide bonds. The van der Waals surface area contributed by atoms with Crippen LogP contribution in [0.15, 0.2) is 0 Å². The molecule has 0 radical (unpaired) electrons. The van der Waals surface area contributed by atoms with Gasteiger partial charge >= 0.3 is 0 Å². The van der Waals surface area contributed by atoms with Crippen LogP contribution in [0.3, 0.4) is 0 Å². The van der Waals surface area contributed by atoms with Crippen molar-refractivity contribution in [3.8, 4) is 0 Å². The summed E-state index contributed by atoms with van der Waals surface area (Å²) in [5.74, 6) is 0. The molecule has 0 aromatic carbocycles. The van der Waals surface area contributed by atoms with Crippen LogP contribution in [-0.2, 0) is 0 Å². The molecule has 0 aromatic heterocycles. The van der Waals surface area contributed by atoms with Crippen molar-refractivity contribution in [2.45, 2.75) is 39.0 Å². The van der Waals surface area contributed by atoms with E-state index in [1.165, 1.54) is 45.4 Å². The number of hydrogen-bond acceptors (Lipinski definition) is 3. The summed E-state index contributed by atoms with van der Waals surface area (Å²) in [5, 5.41) is 0. The summed E-state index contributed by atoms with van der Waals surface area (Å²) in [6, 6.07) is 0. The molecule has 2 aliphatic rings. The first-order valence-electron chi connectivity index (χ1n) is 7.35. The molecule has 3 nitrogen and oxygen atoms in total. The van der Waals surface area contributed by atoms with Crippen LogP contribution in [0.1, 0.15) is 39.0 Å². The van der Waals surface area contributed by atoms with Crippen molar-refractivity contribution in [2.24, 2.45) is 11.1 Å². The van der Waals surface area contributed by atoms with Crippen molar-refractivity contribution < 1.29 is 0 Å². The zero-order valence-electron chi connectivity index (χ0n) is 11.7. The minimum atomic E-state index is 0.112. The summed E-state index contributed by atoms with van der Waals surface area (Å²) in [7, 11) is 0. The van der Waals surface area contributed by atoms with Gasteiger partial charge in [0.2, 0.25) is 0 Å². The summed E-state index contributed by atoms with van der Waals surface area (Å²) < 4.78 is 0. The first kappa shape index (κ1) is 14.2. The number of thiocarbonyl (C=S) groups is 1. The number of rotatable bonds is 5. The number of likely N-dealkylation sites (tertiary alicyclic amines) is 2. The lowest BCUT2D eigenvalue weighted by molar-refractivity contribution is 0.157. The first-order chi connectivity index (χ1) is 8.60. The Labute approximate surface area is 117 Å². The topological polar surface area (TPSA) is 32.5 Å².